The van der Waals surface area contributed by atoms with E-state index < -0.39 is 10.0 Å². The maximum atomic E-state index is 11.7. The normalized spacial score (nSPS) is 29.9. The molecule has 0 amide bonds. The van der Waals surface area contributed by atoms with Gasteiger partial charge in [0, 0.05) is 6.42 Å². The second kappa shape index (κ2) is 4.21. The van der Waals surface area contributed by atoms with Crippen molar-refractivity contribution < 1.29 is 4.79 Å². The first-order valence-corrected chi connectivity index (χ1v) is 8.87. The van der Waals surface area contributed by atoms with Gasteiger partial charge in [-0.2, -0.15) is 0 Å². The molecular formula is C14H24OS. The summed E-state index contributed by atoms with van der Waals surface area (Å²) in [5, 5.41) is 0. The lowest BCUT2D eigenvalue weighted by molar-refractivity contribution is -0.117. The Morgan fingerprint density at radius 2 is 1.88 bits per heavy atom. The smallest absolute Gasteiger partial charge is 0.156 e. The Morgan fingerprint density at radius 1 is 1.25 bits per heavy atom. The molecule has 2 heteroatoms. The third-order valence-electron chi connectivity index (χ3n) is 3.78. The molecule has 1 heterocycles. The van der Waals surface area contributed by atoms with Crippen molar-refractivity contribution in [3.63, 3.8) is 0 Å². The molecule has 0 radical (unpaired) electrons. The number of carbonyl (C=O) groups excluding carboxylic acids is 1. The van der Waals surface area contributed by atoms with Gasteiger partial charge < -0.3 is 0 Å². The third kappa shape index (κ3) is 2.91. The van der Waals surface area contributed by atoms with Crippen LogP contribution in [-0.2, 0) is 4.79 Å². The van der Waals surface area contributed by atoms with Crippen LogP contribution in [0.4, 0.5) is 0 Å². The first-order valence-electron chi connectivity index (χ1n) is 6.32. The fraction of sp³-hybridized carbons (Fsp3) is 0.786. The van der Waals surface area contributed by atoms with Crippen molar-refractivity contribution in [1.29, 1.82) is 0 Å². The van der Waals surface area contributed by atoms with E-state index in [1.807, 2.05) is 6.08 Å². The number of hydrogen-bond donors (Lipinski definition) is 0. The summed E-state index contributed by atoms with van der Waals surface area (Å²) >= 11 is 0. The minimum absolute atomic E-state index is 0.204. The monoisotopic (exact) mass is 240 g/mol. The van der Waals surface area contributed by atoms with Crippen LogP contribution in [0.15, 0.2) is 11.6 Å². The van der Waals surface area contributed by atoms with Gasteiger partial charge in [-0.25, -0.2) is 10.0 Å². The summed E-state index contributed by atoms with van der Waals surface area (Å²) < 4.78 is 0. The Bertz CT molecular complexity index is 322. The Hall–Kier alpha value is -0.240. The van der Waals surface area contributed by atoms with Crippen molar-refractivity contribution >= 4 is 15.8 Å². The maximum Gasteiger partial charge on any atom is 0.156 e. The number of hydrogen-bond acceptors (Lipinski definition) is 1. The molecule has 0 unspecified atom stereocenters. The first-order chi connectivity index (χ1) is 7.39. The molecule has 1 aliphatic heterocycles. The van der Waals surface area contributed by atoms with Crippen LogP contribution in [0.25, 0.3) is 0 Å². The Morgan fingerprint density at radius 3 is 2.44 bits per heavy atom. The van der Waals surface area contributed by atoms with Gasteiger partial charge in [-0.3, -0.25) is 4.79 Å². The Kier molecular flexibility index (Phi) is 3.22. The van der Waals surface area contributed by atoms with Gasteiger partial charge in [0.25, 0.3) is 0 Å². The number of ketones is 1. The van der Waals surface area contributed by atoms with E-state index in [-0.39, 0.29) is 5.41 Å². The molecule has 1 fully saturated rings. The fourth-order valence-corrected chi connectivity index (χ4v) is 6.54. The molecule has 0 saturated carbocycles. The molecule has 0 aromatic rings. The Balaban J connectivity index is 2.07. The predicted octanol–water partition coefficient (Wildman–Crippen LogP) is 3.53. The zero-order valence-electron chi connectivity index (χ0n) is 10.8. The highest BCUT2D eigenvalue weighted by Crippen LogP contribution is 2.53. The molecule has 92 valence electrons. The Labute approximate surface area is 101 Å². The van der Waals surface area contributed by atoms with Crippen LogP contribution in [0.1, 0.15) is 39.5 Å². The van der Waals surface area contributed by atoms with Crippen LogP contribution < -0.4 is 0 Å². The van der Waals surface area contributed by atoms with E-state index in [0.717, 1.165) is 12.8 Å². The molecule has 0 atom stereocenters. The van der Waals surface area contributed by atoms with Crippen LogP contribution in [0.5, 0.6) is 0 Å². The van der Waals surface area contributed by atoms with Gasteiger partial charge in [-0.15, -0.1) is 0 Å². The van der Waals surface area contributed by atoms with E-state index in [1.54, 1.807) is 0 Å². The summed E-state index contributed by atoms with van der Waals surface area (Å²) in [5.41, 5.74) is 1.65. The quantitative estimate of drug-likeness (QED) is 0.721. The average molecular weight is 240 g/mol. The number of rotatable bonds is 2. The van der Waals surface area contributed by atoms with Crippen LogP contribution >= 0.6 is 10.0 Å². The molecular weight excluding hydrogens is 216 g/mol. The van der Waals surface area contributed by atoms with Gasteiger partial charge in [0.2, 0.25) is 0 Å². The second-order valence-corrected chi connectivity index (χ2v) is 10.6. The van der Waals surface area contributed by atoms with Gasteiger partial charge in [-0.1, -0.05) is 19.4 Å². The summed E-state index contributed by atoms with van der Waals surface area (Å²) in [4.78, 5) is 11.7. The highest BCUT2D eigenvalue weighted by atomic mass is 32.3. The summed E-state index contributed by atoms with van der Waals surface area (Å²) in [6.07, 6.45) is 9.14. The highest BCUT2D eigenvalue weighted by molar-refractivity contribution is 8.33. The SMILES string of the molecule is CC1(C)CC(=O)C=C(CS2(C)CCCC2)C1. The van der Waals surface area contributed by atoms with Crippen LogP contribution in [0, 0.1) is 5.41 Å². The van der Waals surface area contributed by atoms with Gasteiger partial charge in [0.05, 0.1) is 0 Å². The van der Waals surface area contributed by atoms with Crippen LogP contribution in [0.3, 0.4) is 0 Å². The highest BCUT2D eigenvalue weighted by Gasteiger charge is 2.31. The largest absolute Gasteiger partial charge is 0.295 e. The summed E-state index contributed by atoms with van der Waals surface area (Å²) in [6.45, 7) is 4.45. The van der Waals surface area contributed by atoms with Crippen molar-refractivity contribution in [2.75, 3.05) is 23.5 Å². The molecule has 2 rings (SSSR count). The molecule has 1 aliphatic carbocycles. The van der Waals surface area contributed by atoms with Crippen LogP contribution in [-0.4, -0.2) is 29.3 Å². The van der Waals surface area contributed by atoms with E-state index in [0.29, 0.717) is 5.78 Å². The number of carbonyl (C=O) groups is 1. The zero-order chi connectivity index (χ0) is 11.8. The zero-order valence-corrected chi connectivity index (χ0v) is 11.7. The standard InChI is InChI=1S/C14H24OS/c1-14(2)9-12(8-13(15)10-14)11-16(3)6-4-5-7-16/h8H,4-7,9-11H2,1-3H3. The van der Waals surface area contributed by atoms with Crippen molar-refractivity contribution in [3.8, 4) is 0 Å². The van der Waals surface area contributed by atoms with E-state index in [2.05, 4.69) is 20.1 Å². The molecule has 0 N–H and O–H groups in total. The third-order valence-corrected chi connectivity index (χ3v) is 7.40. The van der Waals surface area contributed by atoms with E-state index in [9.17, 15) is 4.79 Å². The summed E-state index contributed by atoms with van der Waals surface area (Å²) in [5.74, 6) is 4.45. The molecule has 2 aliphatic rings. The minimum atomic E-state index is -0.398. The predicted molar refractivity (Wildman–Crippen MR) is 73.5 cm³/mol. The fourth-order valence-electron chi connectivity index (χ4n) is 3.17. The first kappa shape index (κ1) is 12.2. The molecule has 1 saturated heterocycles. The summed E-state index contributed by atoms with van der Waals surface area (Å²) in [6, 6.07) is 0. The van der Waals surface area contributed by atoms with Gasteiger partial charge >= 0.3 is 0 Å². The lowest BCUT2D eigenvalue weighted by Crippen LogP contribution is -2.24. The van der Waals surface area contributed by atoms with Gasteiger partial charge in [0.1, 0.15) is 0 Å². The summed E-state index contributed by atoms with van der Waals surface area (Å²) in [7, 11) is -0.398. The van der Waals surface area contributed by atoms with E-state index in [4.69, 9.17) is 0 Å². The number of allylic oxidation sites excluding steroid dienone is 1. The molecule has 0 aromatic carbocycles. The lowest BCUT2D eigenvalue weighted by atomic mass is 9.77. The van der Waals surface area contributed by atoms with Gasteiger partial charge in [-0.05, 0) is 54.3 Å². The molecule has 16 heavy (non-hydrogen) atoms. The lowest BCUT2D eigenvalue weighted by Gasteiger charge is -2.36. The maximum absolute atomic E-state index is 11.7. The van der Waals surface area contributed by atoms with Crippen molar-refractivity contribution in [1.82, 2.24) is 0 Å². The molecule has 1 nitrogen and oxygen atoms in total. The molecule has 0 bridgehead atoms. The van der Waals surface area contributed by atoms with E-state index >= 15 is 0 Å². The minimum Gasteiger partial charge on any atom is -0.295 e. The van der Waals surface area contributed by atoms with Crippen molar-refractivity contribution in [2.45, 2.75) is 39.5 Å². The van der Waals surface area contributed by atoms with Crippen LogP contribution in [0.2, 0.25) is 0 Å². The average Bonchev–Trinajstić information content (AvgIpc) is 2.47. The second-order valence-electron chi connectivity index (χ2n) is 6.52. The topological polar surface area (TPSA) is 17.1 Å². The van der Waals surface area contributed by atoms with Gasteiger partial charge in [0.15, 0.2) is 5.78 Å². The van der Waals surface area contributed by atoms with Crippen molar-refractivity contribution in [3.05, 3.63) is 11.6 Å². The molecule has 0 aromatic heterocycles. The van der Waals surface area contributed by atoms with Crippen molar-refractivity contribution in [2.24, 2.45) is 5.41 Å². The van der Waals surface area contributed by atoms with E-state index in [1.165, 1.54) is 35.7 Å². The molecule has 0 spiro atoms.